The molecular formula is C21H13BrN2O3. The van der Waals surface area contributed by atoms with Gasteiger partial charge in [0.05, 0.1) is 17.0 Å². The van der Waals surface area contributed by atoms with Crippen LogP contribution in [0, 0.1) is 0 Å². The molecule has 5 rings (SSSR count). The van der Waals surface area contributed by atoms with Crippen molar-refractivity contribution in [3.63, 3.8) is 0 Å². The second-order valence-corrected chi connectivity index (χ2v) is 7.29. The zero-order valence-corrected chi connectivity index (χ0v) is 15.6. The Hall–Kier alpha value is -2.96. The average Bonchev–Trinajstić information content (AvgIpc) is 3.23. The SMILES string of the molecule is O=C1C2=C(c3ccc(Br)cc3)NO[C@@H]2C(=O)N1c1cccc2ccccc12. The van der Waals surface area contributed by atoms with Crippen LogP contribution in [0.5, 0.6) is 0 Å². The van der Waals surface area contributed by atoms with Crippen molar-refractivity contribution < 1.29 is 14.4 Å². The minimum absolute atomic E-state index is 0.343. The quantitative estimate of drug-likeness (QED) is 0.640. The Bertz CT molecular complexity index is 1130. The molecule has 2 heterocycles. The molecule has 2 amide bonds. The van der Waals surface area contributed by atoms with Crippen molar-refractivity contribution in [2.45, 2.75) is 6.10 Å². The fraction of sp³-hybridized carbons (Fsp3) is 0.0476. The van der Waals surface area contributed by atoms with E-state index in [1.165, 1.54) is 4.90 Å². The minimum Gasteiger partial charge on any atom is -0.270 e. The van der Waals surface area contributed by atoms with Gasteiger partial charge in [-0.05, 0) is 23.6 Å². The van der Waals surface area contributed by atoms with Crippen molar-refractivity contribution in [2.24, 2.45) is 0 Å². The minimum atomic E-state index is -0.935. The number of benzene rings is 3. The van der Waals surface area contributed by atoms with E-state index >= 15 is 0 Å². The standard InChI is InChI=1S/C21H13BrN2O3/c22-14-10-8-13(9-11-14)18-17-19(27-23-18)21(26)24(20(17)25)16-7-3-5-12-4-1-2-6-15(12)16/h1-11,19,23H/t19-/m0/s1. The molecule has 0 radical (unpaired) electrons. The Balaban J connectivity index is 1.65. The number of fused-ring (bicyclic) bond motifs is 2. The number of halogens is 1. The molecule has 1 saturated heterocycles. The number of carbonyl (C=O) groups excluding carboxylic acids is 2. The number of hydrogen-bond acceptors (Lipinski definition) is 4. The van der Waals surface area contributed by atoms with Crippen molar-refractivity contribution in [2.75, 3.05) is 4.90 Å². The Morgan fingerprint density at radius 2 is 1.67 bits per heavy atom. The van der Waals surface area contributed by atoms with Gasteiger partial charge >= 0.3 is 0 Å². The highest BCUT2D eigenvalue weighted by Gasteiger charge is 2.50. The van der Waals surface area contributed by atoms with Gasteiger partial charge in [-0.2, -0.15) is 0 Å². The van der Waals surface area contributed by atoms with Crippen LogP contribution in [-0.4, -0.2) is 17.9 Å². The summed E-state index contributed by atoms with van der Waals surface area (Å²) < 4.78 is 0.929. The fourth-order valence-electron chi connectivity index (χ4n) is 3.56. The maximum Gasteiger partial charge on any atom is 0.270 e. The molecule has 0 aliphatic carbocycles. The number of rotatable bonds is 2. The highest BCUT2D eigenvalue weighted by Crippen LogP contribution is 2.38. The van der Waals surface area contributed by atoms with Crippen molar-refractivity contribution in [1.82, 2.24) is 5.48 Å². The number of nitrogens with zero attached hydrogens (tertiary/aromatic N) is 1. The summed E-state index contributed by atoms with van der Waals surface area (Å²) in [6, 6.07) is 20.7. The van der Waals surface area contributed by atoms with Crippen LogP contribution in [0.25, 0.3) is 16.5 Å². The molecule has 0 aromatic heterocycles. The number of amides is 2. The number of hydrogen-bond donors (Lipinski definition) is 1. The number of nitrogens with one attached hydrogen (secondary N) is 1. The molecule has 5 nitrogen and oxygen atoms in total. The molecule has 0 unspecified atom stereocenters. The van der Waals surface area contributed by atoms with Gasteiger partial charge in [0.2, 0.25) is 0 Å². The summed E-state index contributed by atoms with van der Waals surface area (Å²) in [5, 5.41) is 1.81. The van der Waals surface area contributed by atoms with Gasteiger partial charge in [-0.3, -0.25) is 19.9 Å². The van der Waals surface area contributed by atoms with Crippen LogP contribution >= 0.6 is 15.9 Å². The van der Waals surface area contributed by atoms with Gasteiger partial charge in [-0.25, -0.2) is 4.90 Å². The van der Waals surface area contributed by atoms with E-state index in [-0.39, 0.29) is 11.8 Å². The van der Waals surface area contributed by atoms with Crippen molar-refractivity contribution >= 4 is 49.9 Å². The highest BCUT2D eigenvalue weighted by atomic mass is 79.9. The first-order valence-electron chi connectivity index (χ1n) is 8.43. The largest absolute Gasteiger partial charge is 0.270 e. The summed E-state index contributed by atoms with van der Waals surface area (Å²) >= 11 is 3.40. The normalized spacial score (nSPS) is 19.0. The van der Waals surface area contributed by atoms with Gasteiger partial charge in [-0.1, -0.05) is 64.5 Å². The highest BCUT2D eigenvalue weighted by molar-refractivity contribution is 9.10. The number of imide groups is 1. The topological polar surface area (TPSA) is 58.6 Å². The lowest BCUT2D eigenvalue weighted by molar-refractivity contribution is -0.127. The van der Waals surface area contributed by atoms with E-state index in [4.69, 9.17) is 4.84 Å². The number of hydroxylamine groups is 1. The lowest BCUT2D eigenvalue weighted by Gasteiger charge is -2.17. The molecule has 0 spiro atoms. The summed E-state index contributed by atoms with van der Waals surface area (Å²) in [5.74, 6) is -0.741. The second kappa shape index (κ2) is 6.04. The smallest absolute Gasteiger partial charge is 0.270 e. The van der Waals surface area contributed by atoms with E-state index in [0.29, 0.717) is 17.0 Å². The van der Waals surface area contributed by atoms with Crippen LogP contribution in [0.15, 0.2) is 76.8 Å². The van der Waals surface area contributed by atoms with Crippen molar-refractivity contribution in [3.8, 4) is 0 Å². The maximum absolute atomic E-state index is 13.2. The van der Waals surface area contributed by atoms with Crippen LogP contribution < -0.4 is 10.4 Å². The summed E-state index contributed by atoms with van der Waals surface area (Å²) in [4.78, 5) is 32.9. The molecule has 27 heavy (non-hydrogen) atoms. The molecule has 2 aliphatic heterocycles. The van der Waals surface area contributed by atoms with E-state index in [0.717, 1.165) is 20.8 Å². The third-order valence-corrected chi connectivity index (χ3v) is 5.36. The summed E-state index contributed by atoms with van der Waals surface area (Å²) in [5.41, 5.74) is 5.00. The van der Waals surface area contributed by atoms with Gasteiger partial charge in [0.1, 0.15) is 0 Å². The lowest BCUT2D eigenvalue weighted by atomic mass is 10.1. The first-order chi connectivity index (χ1) is 13.1. The molecule has 1 N–H and O–H groups in total. The fourth-order valence-corrected chi connectivity index (χ4v) is 3.82. The first-order valence-corrected chi connectivity index (χ1v) is 9.22. The zero-order valence-electron chi connectivity index (χ0n) is 14.0. The third kappa shape index (κ3) is 2.41. The number of anilines is 1. The molecule has 0 saturated carbocycles. The zero-order chi connectivity index (χ0) is 18.5. The Morgan fingerprint density at radius 3 is 2.48 bits per heavy atom. The molecule has 3 aromatic rings. The molecule has 0 bridgehead atoms. The number of carbonyl (C=O) groups is 2. The second-order valence-electron chi connectivity index (χ2n) is 6.37. The van der Waals surface area contributed by atoms with Crippen molar-refractivity contribution in [3.05, 3.63) is 82.3 Å². The van der Waals surface area contributed by atoms with Gasteiger partial charge in [0.15, 0.2) is 6.10 Å². The summed E-state index contributed by atoms with van der Waals surface area (Å²) in [6.07, 6.45) is -0.935. The third-order valence-electron chi connectivity index (χ3n) is 4.83. The van der Waals surface area contributed by atoms with Gasteiger partial charge in [0.25, 0.3) is 11.8 Å². The van der Waals surface area contributed by atoms with Crippen LogP contribution in [0.4, 0.5) is 5.69 Å². The van der Waals surface area contributed by atoms with Crippen LogP contribution in [-0.2, 0) is 14.4 Å². The Morgan fingerprint density at radius 1 is 0.926 bits per heavy atom. The van der Waals surface area contributed by atoms with E-state index < -0.39 is 6.10 Å². The maximum atomic E-state index is 13.2. The van der Waals surface area contributed by atoms with Crippen molar-refractivity contribution in [1.29, 1.82) is 0 Å². The van der Waals surface area contributed by atoms with E-state index in [1.54, 1.807) is 6.07 Å². The Labute approximate surface area is 163 Å². The molecule has 1 fully saturated rings. The summed E-state index contributed by atoms with van der Waals surface area (Å²) in [7, 11) is 0. The molecule has 132 valence electrons. The molecule has 6 heteroatoms. The van der Waals surface area contributed by atoms with Gasteiger partial charge < -0.3 is 0 Å². The van der Waals surface area contributed by atoms with E-state index in [9.17, 15) is 9.59 Å². The molecule has 3 aromatic carbocycles. The van der Waals surface area contributed by atoms with E-state index in [2.05, 4.69) is 21.4 Å². The van der Waals surface area contributed by atoms with Gasteiger partial charge in [0, 0.05) is 15.4 Å². The summed E-state index contributed by atoms with van der Waals surface area (Å²) in [6.45, 7) is 0. The monoisotopic (exact) mass is 420 g/mol. The average molecular weight is 421 g/mol. The van der Waals surface area contributed by atoms with Crippen LogP contribution in [0.3, 0.4) is 0 Å². The lowest BCUT2D eigenvalue weighted by Crippen LogP contribution is -2.34. The van der Waals surface area contributed by atoms with Crippen LogP contribution in [0.1, 0.15) is 5.56 Å². The van der Waals surface area contributed by atoms with Crippen LogP contribution in [0.2, 0.25) is 0 Å². The molecular weight excluding hydrogens is 408 g/mol. The molecule has 1 atom stereocenters. The van der Waals surface area contributed by atoms with E-state index in [1.807, 2.05) is 60.7 Å². The van der Waals surface area contributed by atoms with Gasteiger partial charge in [-0.15, -0.1) is 0 Å². The first kappa shape index (κ1) is 16.2. The Kier molecular flexibility index (Phi) is 3.63. The predicted octanol–water partition coefficient (Wildman–Crippen LogP) is 3.79. The molecule has 2 aliphatic rings. The predicted molar refractivity (Wildman–Crippen MR) is 106 cm³/mol.